The van der Waals surface area contributed by atoms with Gasteiger partial charge in [0.1, 0.15) is 12.3 Å². The van der Waals surface area contributed by atoms with E-state index in [-0.39, 0.29) is 6.54 Å². The third kappa shape index (κ3) is 3.52. The van der Waals surface area contributed by atoms with Crippen LogP contribution in [0.1, 0.15) is 0 Å². The normalized spacial score (nSPS) is 20.2. The first-order valence-corrected chi connectivity index (χ1v) is 9.10. The number of rotatable bonds is 5. The van der Waals surface area contributed by atoms with Crippen molar-refractivity contribution in [2.24, 2.45) is 10.3 Å². The molecule has 148 valence electrons. The summed E-state index contributed by atoms with van der Waals surface area (Å²) in [6.07, 6.45) is 0. The van der Waals surface area contributed by atoms with Gasteiger partial charge in [-0.15, -0.1) is 0 Å². The molecule has 2 aliphatic heterocycles. The fourth-order valence-corrected chi connectivity index (χ4v) is 3.35. The Labute approximate surface area is 170 Å². The van der Waals surface area contributed by atoms with E-state index in [4.69, 9.17) is 16.3 Å². The number of methoxy groups -OCH3 is 1. The Morgan fingerprint density at radius 2 is 1.79 bits per heavy atom. The van der Waals surface area contributed by atoms with Crippen LogP contribution in [0, 0.1) is 0 Å². The molecule has 0 spiro atoms. The zero-order valence-corrected chi connectivity index (χ0v) is 16.0. The molecule has 3 amide bonds. The Balaban J connectivity index is 1.47. The summed E-state index contributed by atoms with van der Waals surface area (Å²) >= 11 is 5.83. The van der Waals surface area contributed by atoms with Crippen LogP contribution in [-0.2, 0) is 14.4 Å². The molecule has 1 saturated heterocycles. The van der Waals surface area contributed by atoms with E-state index in [1.54, 1.807) is 48.5 Å². The summed E-state index contributed by atoms with van der Waals surface area (Å²) < 4.78 is 5.09. The number of fused-ring (bicyclic) bond motifs is 1. The van der Waals surface area contributed by atoms with E-state index in [0.717, 1.165) is 4.90 Å². The molecular weight excluding hydrogens is 398 g/mol. The lowest BCUT2D eigenvalue weighted by molar-refractivity contribution is -0.123. The van der Waals surface area contributed by atoms with Crippen LogP contribution in [0.25, 0.3) is 0 Å². The largest absolute Gasteiger partial charge is 0.497 e. The Morgan fingerprint density at radius 1 is 1.10 bits per heavy atom. The summed E-state index contributed by atoms with van der Waals surface area (Å²) in [6.45, 7) is -0.219. The van der Waals surface area contributed by atoms with Gasteiger partial charge in [0.15, 0.2) is 12.1 Å². The number of hydrogen-bond acceptors (Lipinski definition) is 7. The third-order valence-electron chi connectivity index (χ3n) is 4.62. The number of halogens is 1. The summed E-state index contributed by atoms with van der Waals surface area (Å²) in [5, 5.41) is 12.2. The minimum Gasteiger partial charge on any atom is -0.497 e. The Kier molecular flexibility index (Phi) is 4.89. The van der Waals surface area contributed by atoms with Crippen molar-refractivity contribution in [1.29, 1.82) is 0 Å². The fraction of sp³-hybridized carbons (Fsp3) is 0.211. The molecule has 29 heavy (non-hydrogen) atoms. The molecule has 9 nitrogen and oxygen atoms in total. The third-order valence-corrected chi connectivity index (χ3v) is 4.87. The standard InChI is InChI=1S/C19H16ClN5O4/c1-29-14-8-6-13(7-9-14)25-18(27)16-17(19(25)28)24(23-22-16)10-15(26)21-12-4-2-11(20)3-5-12/h2-9,16-17H,10H2,1H3,(H,21,26)/t16-,17-/m0/s1. The van der Waals surface area contributed by atoms with Gasteiger partial charge < -0.3 is 10.1 Å². The van der Waals surface area contributed by atoms with E-state index in [1.165, 1.54) is 12.1 Å². The molecule has 4 rings (SSSR count). The molecule has 1 N–H and O–H groups in total. The number of carbonyl (C=O) groups excluding carboxylic acids is 3. The van der Waals surface area contributed by atoms with E-state index in [2.05, 4.69) is 15.7 Å². The van der Waals surface area contributed by atoms with Gasteiger partial charge in [-0.3, -0.25) is 19.4 Å². The highest BCUT2D eigenvalue weighted by molar-refractivity contribution is 6.30. The zero-order valence-electron chi connectivity index (χ0n) is 15.3. The van der Waals surface area contributed by atoms with Crippen LogP contribution in [0.5, 0.6) is 5.75 Å². The molecule has 1 fully saturated rings. The Bertz CT molecular complexity index is 993. The number of ether oxygens (including phenoxy) is 1. The van der Waals surface area contributed by atoms with Crippen molar-refractivity contribution in [3.63, 3.8) is 0 Å². The van der Waals surface area contributed by atoms with Gasteiger partial charge >= 0.3 is 0 Å². The number of benzene rings is 2. The van der Waals surface area contributed by atoms with Crippen LogP contribution in [0.4, 0.5) is 11.4 Å². The Morgan fingerprint density at radius 3 is 2.45 bits per heavy atom. The SMILES string of the molecule is COc1ccc(N2C(=O)[C@H]3N=NN(CC(=O)Nc4ccc(Cl)cc4)[C@@H]3C2=O)cc1. The molecule has 0 unspecified atom stereocenters. The minimum atomic E-state index is -0.965. The number of nitrogens with zero attached hydrogens (tertiary/aromatic N) is 4. The van der Waals surface area contributed by atoms with Gasteiger partial charge in [0, 0.05) is 10.7 Å². The van der Waals surface area contributed by atoms with Gasteiger partial charge in [-0.1, -0.05) is 16.8 Å². The molecule has 2 heterocycles. The molecule has 0 saturated carbocycles. The van der Waals surface area contributed by atoms with Crippen molar-refractivity contribution >= 4 is 40.7 Å². The van der Waals surface area contributed by atoms with Crippen LogP contribution < -0.4 is 15.0 Å². The van der Waals surface area contributed by atoms with Gasteiger partial charge in [0.05, 0.1) is 12.8 Å². The maximum Gasteiger partial charge on any atom is 0.263 e. The van der Waals surface area contributed by atoms with Crippen molar-refractivity contribution in [3.8, 4) is 5.75 Å². The lowest BCUT2D eigenvalue weighted by Gasteiger charge is -2.20. The van der Waals surface area contributed by atoms with Gasteiger partial charge in [0.2, 0.25) is 5.91 Å². The average molecular weight is 414 g/mol. The van der Waals surface area contributed by atoms with Gasteiger partial charge in [-0.25, -0.2) is 4.90 Å². The molecular formula is C19H16ClN5O4. The molecule has 2 aromatic carbocycles. The van der Waals surface area contributed by atoms with Crippen molar-refractivity contribution < 1.29 is 19.1 Å². The zero-order chi connectivity index (χ0) is 20.5. The fourth-order valence-electron chi connectivity index (χ4n) is 3.22. The smallest absolute Gasteiger partial charge is 0.263 e. The summed E-state index contributed by atoms with van der Waals surface area (Å²) in [5.74, 6) is -0.743. The number of hydrogen-bond donors (Lipinski definition) is 1. The van der Waals surface area contributed by atoms with Crippen LogP contribution in [0.2, 0.25) is 5.02 Å². The lowest BCUT2D eigenvalue weighted by Crippen LogP contribution is -2.43. The van der Waals surface area contributed by atoms with Gasteiger partial charge in [-0.2, -0.15) is 5.11 Å². The molecule has 2 aromatic rings. The van der Waals surface area contributed by atoms with E-state index >= 15 is 0 Å². The molecule has 0 bridgehead atoms. The van der Waals surface area contributed by atoms with E-state index in [9.17, 15) is 14.4 Å². The topological polar surface area (TPSA) is 104 Å². The number of imide groups is 1. The molecule has 2 atom stereocenters. The van der Waals surface area contributed by atoms with E-state index in [1.807, 2.05) is 0 Å². The number of amides is 3. The number of carbonyl (C=O) groups is 3. The first-order valence-electron chi connectivity index (χ1n) is 8.72. The van der Waals surface area contributed by atoms with E-state index in [0.29, 0.717) is 22.1 Å². The van der Waals surface area contributed by atoms with Gasteiger partial charge in [-0.05, 0) is 48.5 Å². The monoisotopic (exact) mass is 413 g/mol. The van der Waals surface area contributed by atoms with Crippen LogP contribution >= 0.6 is 11.6 Å². The highest BCUT2D eigenvalue weighted by atomic mass is 35.5. The number of anilines is 2. The predicted molar refractivity (Wildman–Crippen MR) is 105 cm³/mol. The lowest BCUT2D eigenvalue weighted by atomic mass is 10.1. The van der Waals surface area contributed by atoms with Crippen molar-refractivity contribution in [3.05, 3.63) is 53.6 Å². The first-order chi connectivity index (χ1) is 14.0. The molecule has 2 aliphatic rings. The second-order valence-electron chi connectivity index (χ2n) is 6.46. The van der Waals surface area contributed by atoms with Crippen molar-refractivity contribution in [1.82, 2.24) is 5.01 Å². The predicted octanol–water partition coefficient (Wildman–Crippen LogP) is 2.28. The van der Waals surface area contributed by atoms with E-state index < -0.39 is 29.8 Å². The average Bonchev–Trinajstić information content (AvgIpc) is 3.23. The molecule has 0 aromatic heterocycles. The van der Waals surface area contributed by atoms with Crippen molar-refractivity contribution in [2.45, 2.75) is 12.1 Å². The van der Waals surface area contributed by atoms with Crippen molar-refractivity contribution in [2.75, 3.05) is 23.9 Å². The first kappa shape index (κ1) is 18.9. The minimum absolute atomic E-state index is 0.219. The summed E-state index contributed by atoms with van der Waals surface area (Å²) in [7, 11) is 1.53. The summed E-state index contributed by atoms with van der Waals surface area (Å²) in [5.41, 5.74) is 0.969. The highest BCUT2D eigenvalue weighted by Crippen LogP contribution is 2.32. The molecule has 0 radical (unpaired) electrons. The quantitative estimate of drug-likeness (QED) is 0.757. The molecule has 10 heteroatoms. The second-order valence-corrected chi connectivity index (χ2v) is 6.89. The maximum absolute atomic E-state index is 12.9. The highest BCUT2D eigenvalue weighted by Gasteiger charge is 2.55. The summed E-state index contributed by atoms with van der Waals surface area (Å²) in [4.78, 5) is 39.0. The maximum atomic E-state index is 12.9. The van der Waals surface area contributed by atoms with Crippen LogP contribution in [-0.4, -0.2) is 48.5 Å². The van der Waals surface area contributed by atoms with Crippen LogP contribution in [0.15, 0.2) is 58.9 Å². The second kappa shape index (κ2) is 7.51. The Hall–Kier alpha value is -3.46. The number of nitrogens with one attached hydrogen (secondary N) is 1. The molecule has 0 aliphatic carbocycles. The van der Waals surface area contributed by atoms with Crippen LogP contribution in [0.3, 0.4) is 0 Å². The summed E-state index contributed by atoms with van der Waals surface area (Å²) in [6, 6.07) is 11.2. The van der Waals surface area contributed by atoms with Gasteiger partial charge in [0.25, 0.3) is 11.8 Å².